The first-order valence-electron chi connectivity index (χ1n) is 11.0. The molecule has 2 aromatic carbocycles. The van der Waals surface area contributed by atoms with Crippen molar-refractivity contribution in [2.75, 3.05) is 11.9 Å². The molecule has 0 bridgehead atoms. The highest BCUT2D eigenvalue weighted by Gasteiger charge is 2.25. The second-order valence-corrected chi connectivity index (χ2v) is 8.25. The summed E-state index contributed by atoms with van der Waals surface area (Å²) in [6.45, 7) is 0.602. The van der Waals surface area contributed by atoms with E-state index in [1.165, 1.54) is 19.8 Å². The quantitative estimate of drug-likeness (QED) is 0.439. The van der Waals surface area contributed by atoms with Gasteiger partial charge in [-0.05, 0) is 67.8 Å². The van der Waals surface area contributed by atoms with Gasteiger partial charge in [0.25, 0.3) is 5.91 Å². The van der Waals surface area contributed by atoms with Crippen LogP contribution in [0.15, 0.2) is 48.5 Å². The lowest BCUT2D eigenvalue weighted by molar-refractivity contribution is -0.126. The minimum atomic E-state index is -1.17. The van der Waals surface area contributed by atoms with Gasteiger partial charge in [-0.15, -0.1) is 0 Å². The summed E-state index contributed by atoms with van der Waals surface area (Å²) >= 11 is 0. The highest BCUT2D eigenvalue weighted by Crippen LogP contribution is 2.33. The molecule has 3 rings (SSSR count). The molecule has 0 radical (unpaired) electrons. The van der Waals surface area contributed by atoms with E-state index in [0.29, 0.717) is 17.5 Å². The Balaban J connectivity index is 1.55. The third kappa shape index (κ3) is 7.56. The Kier molecular flexibility index (Phi) is 8.36. The van der Waals surface area contributed by atoms with Crippen LogP contribution in [0.25, 0.3) is 0 Å². The average Bonchev–Trinajstić information content (AvgIpc) is 3.65. The number of aliphatic hydroxyl groups is 2. The standard InChI is InChI=1S/C26H28N2O5/c1-17(30)25(23(31)16-29)28-26(33)21-11-6-19(7-12-21)4-5-20-8-13-22(14-9-20)27-24(32)15-10-18-2-3-18/h6-9,11-14,17-18,25,29-30H,2-3,10,15-16H2,1H3,(H,27,32)(H,28,33)/t17-,25+/m1/s1. The maximum atomic E-state index is 12.3. The number of anilines is 1. The van der Waals surface area contributed by atoms with Gasteiger partial charge in [0, 0.05) is 28.8 Å². The molecule has 1 aliphatic rings. The molecule has 7 nitrogen and oxygen atoms in total. The van der Waals surface area contributed by atoms with E-state index in [-0.39, 0.29) is 5.91 Å². The van der Waals surface area contributed by atoms with Crippen molar-refractivity contribution in [3.63, 3.8) is 0 Å². The summed E-state index contributed by atoms with van der Waals surface area (Å²) in [4.78, 5) is 35.9. The molecule has 0 unspecified atom stereocenters. The lowest BCUT2D eigenvalue weighted by atomic mass is 10.1. The van der Waals surface area contributed by atoms with Crippen LogP contribution >= 0.6 is 0 Å². The number of hydrogen-bond acceptors (Lipinski definition) is 5. The largest absolute Gasteiger partial charge is 0.391 e. The van der Waals surface area contributed by atoms with Crippen molar-refractivity contribution >= 4 is 23.3 Å². The van der Waals surface area contributed by atoms with Crippen LogP contribution in [-0.4, -0.2) is 46.6 Å². The van der Waals surface area contributed by atoms with E-state index in [2.05, 4.69) is 22.5 Å². The normalized spacial score (nSPS) is 14.4. The SMILES string of the molecule is C[C@@H](O)[C@H](NC(=O)c1ccc(C#Cc2ccc(NC(=O)CCC3CC3)cc2)cc1)C(=O)CO. The molecule has 0 aliphatic heterocycles. The van der Waals surface area contributed by atoms with Crippen LogP contribution in [0.4, 0.5) is 5.69 Å². The number of carbonyl (C=O) groups excluding carboxylic acids is 3. The van der Waals surface area contributed by atoms with Crippen molar-refractivity contribution in [1.82, 2.24) is 5.32 Å². The summed E-state index contributed by atoms with van der Waals surface area (Å²) < 4.78 is 0. The highest BCUT2D eigenvalue weighted by molar-refractivity contribution is 5.98. The van der Waals surface area contributed by atoms with Crippen molar-refractivity contribution < 1.29 is 24.6 Å². The lowest BCUT2D eigenvalue weighted by Gasteiger charge is -2.19. The number of rotatable bonds is 9. The third-order valence-electron chi connectivity index (χ3n) is 5.42. The molecular weight excluding hydrogens is 420 g/mol. The molecule has 172 valence electrons. The van der Waals surface area contributed by atoms with Crippen molar-refractivity contribution in [1.29, 1.82) is 0 Å². The maximum absolute atomic E-state index is 12.3. The van der Waals surface area contributed by atoms with Gasteiger partial charge in [0.2, 0.25) is 5.91 Å². The van der Waals surface area contributed by atoms with Gasteiger partial charge in [0.15, 0.2) is 5.78 Å². The van der Waals surface area contributed by atoms with E-state index < -0.39 is 30.4 Å². The first-order chi connectivity index (χ1) is 15.9. The number of amides is 2. The van der Waals surface area contributed by atoms with Gasteiger partial charge in [0.1, 0.15) is 12.6 Å². The summed E-state index contributed by atoms with van der Waals surface area (Å²) in [5, 5.41) is 24.0. The summed E-state index contributed by atoms with van der Waals surface area (Å²) in [7, 11) is 0. The van der Waals surface area contributed by atoms with Gasteiger partial charge >= 0.3 is 0 Å². The van der Waals surface area contributed by atoms with Crippen LogP contribution in [0.2, 0.25) is 0 Å². The first kappa shape index (κ1) is 24.2. The summed E-state index contributed by atoms with van der Waals surface area (Å²) in [6.07, 6.45) is 2.87. The lowest BCUT2D eigenvalue weighted by Crippen LogP contribution is -2.48. The van der Waals surface area contributed by atoms with Crippen molar-refractivity contribution in [2.24, 2.45) is 5.92 Å². The first-order valence-corrected chi connectivity index (χ1v) is 11.0. The second kappa shape index (κ2) is 11.4. The summed E-state index contributed by atoms with van der Waals surface area (Å²) in [5.41, 5.74) is 2.53. The Morgan fingerprint density at radius 1 is 1.00 bits per heavy atom. The smallest absolute Gasteiger partial charge is 0.251 e. The minimum absolute atomic E-state index is 0.0327. The predicted octanol–water partition coefficient (Wildman–Crippen LogP) is 2.26. The maximum Gasteiger partial charge on any atom is 0.251 e. The molecule has 4 N–H and O–H groups in total. The summed E-state index contributed by atoms with van der Waals surface area (Å²) in [5.74, 6) is 5.63. The monoisotopic (exact) mass is 448 g/mol. The number of aliphatic hydroxyl groups excluding tert-OH is 2. The second-order valence-electron chi connectivity index (χ2n) is 8.25. The van der Waals surface area contributed by atoms with Gasteiger partial charge in [-0.25, -0.2) is 0 Å². The van der Waals surface area contributed by atoms with Crippen LogP contribution < -0.4 is 10.6 Å². The van der Waals surface area contributed by atoms with Gasteiger partial charge in [-0.2, -0.15) is 0 Å². The molecule has 1 saturated carbocycles. The Hall–Kier alpha value is -3.47. The average molecular weight is 449 g/mol. The van der Waals surface area contributed by atoms with E-state index in [1.807, 2.05) is 24.3 Å². The molecular formula is C26H28N2O5. The van der Waals surface area contributed by atoms with Crippen LogP contribution in [0, 0.1) is 17.8 Å². The predicted molar refractivity (Wildman–Crippen MR) is 124 cm³/mol. The Morgan fingerprint density at radius 2 is 1.58 bits per heavy atom. The Morgan fingerprint density at radius 3 is 2.09 bits per heavy atom. The number of hydrogen-bond donors (Lipinski definition) is 4. The van der Waals surface area contributed by atoms with E-state index in [1.54, 1.807) is 24.3 Å². The molecule has 2 amide bonds. The number of Topliss-reactive ketones (excluding diaryl/α,β-unsaturated/α-hetero) is 1. The Bertz CT molecular complexity index is 1040. The van der Waals surface area contributed by atoms with Crippen molar-refractivity contribution in [3.05, 3.63) is 65.2 Å². The van der Waals surface area contributed by atoms with Gasteiger partial charge < -0.3 is 20.8 Å². The minimum Gasteiger partial charge on any atom is -0.391 e. The molecule has 1 fully saturated rings. The van der Waals surface area contributed by atoms with Crippen LogP contribution in [0.5, 0.6) is 0 Å². The molecule has 0 spiro atoms. The van der Waals surface area contributed by atoms with Crippen LogP contribution in [0.1, 0.15) is 54.1 Å². The Labute approximate surface area is 193 Å². The summed E-state index contributed by atoms with van der Waals surface area (Å²) in [6, 6.07) is 12.6. The van der Waals surface area contributed by atoms with Crippen molar-refractivity contribution in [2.45, 2.75) is 44.8 Å². The number of carbonyl (C=O) groups is 3. The third-order valence-corrected chi connectivity index (χ3v) is 5.42. The van der Waals surface area contributed by atoms with E-state index in [0.717, 1.165) is 23.6 Å². The molecule has 2 atom stereocenters. The molecule has 0 heterocycles. The fourth-order valence-corrected chi connectivity index (χ4v) is 3.24. The zero-order chi connectivity index (χ0) is 23.8. The van der Waals surface area contributed by atoms with E-state index >= 15 is 0 Å². The fraction of sp³-hybridized carbons (Fsp3) is 0.346. The van der Waals surface area contributed by atoms with E-state index in [9.17, 15) is 19.5 Å². The van der Waals surface area contributed by atoms with Gasteiger partial charge in [0.05, 0.1) is 6.10 Å². The fourth-order valence-electron chi connectivity index (χ4n) is 3.24. The molecule has 7 heteroatoms. The topological polar surface area (TPSA) is 116 Å². The zero-order valence-electron chi connectivity index (χ0n) is 18.5. The molecule has 0 saturated heterocycles. The zero-order valence-corrected chi connectivity index (χ0v) is 18.5. The van der Waals surface area contributed by atoms with Crippen LogP contribution in [-0.2, 0) is 9.59 Å². The molecule has 2 aromatic rings. The molecule has 0 aromatic heterocycles. The molecule has 33 heavy (non-hydrogen) atoms. The number of benzene rings is 2. The number of nitrogens with one attached hydrogen (secondary N) is 2. The number of ketones is 1. The highest BCUT2D eigenvalue weighted by atomic mass is 16.3. The molecule has 1 aliphatic carbocycles. The van der Waals surface area contributed by atoms with Gasteiger partial charge in [-0.1, -0.05) is 24.7 Å². The van der Waals surface area contributed by atoms with Crippen LogP contribution in [0.3, 0.4) is 0 Å². The van der Waals surface area contributed by atoms with Gasteiger partial charge in [-0.3, -0.25) is 14.4 Å². The van der Waals surface area contributed by atoms with Crippen molar-refractivity contribution in [3.8, 4) is 11.8 Å². The van der Waals surface area contributed by atoms with E-state index in [4.69, 9.17) is 5.11 Å².